The van der Waals surface area contributed by atoms with Crippen LogP contribution in [-0.4, -0.2) is 36.7 Å². The van der Waals surface area contributed by atoms with Crippen LogP contribution in [-0.2, 0) is 10.0 Å². The second-order valence-electron chi connectivity index (χ2n) is 7.45. The second-order valence-corrected chi connectivity index (χ2v) is 10.2. The molecule has 2 heterocycles. The van der Waals surface area contributed by atoms with Crippen LogP contribution in [0, 0.1) is 13.8 Å². The molecule has 30 heavy (non-hydrogen) atoms. The van der Waals surface area contributed by atoms with Crippen molar-refractivity contribution in [3.8, 4) is 11.3 Å². The first kappa shape index (κ1) is 20.7. The molecule has 1 aliphatic rings. The van der Waals surface area contributed by atoms with Crippen LogP contribution in [0.1, 0.15) is 34.3 Å². The summed E-state index contributed by atoms with van der Waals surface area (Å²) in [5.74, 6) is -0.365. The highest BCUT2D eigenvalue weighted by Crippen LogP contribution is 2.27. The van der Waals surface area contributed by atoms with Gasteiger partial charge in [0.05, 0.1) is 10.6 Å². The van der Waals surface area contributed by atoms with Gasteiger partial charge in [-0.3, -0.25) is 10.1 Å². The van der Waals surface area contributed by atoms with Crippen molar-refractivity contribution in [3.05, 3.63) is 64.5 Å². The van der Waals surface area contributed by atoms with Gasteiger partial charge in [0.2, 0.25) is 10.0 Å². The van der Waals surface area contributed by atoms with Gasteiger partial charge in [0.25, 0.3) is 5.91 Å². The number of nitrogens with zero attached hydrogens (tertiary/aromatic N) is 2. The van der Waals surface area contributed by atoms with Crippen molar-refractivity contribution < 1.29 is 13.2 Å². The molecular weight excluding hydrogens is 418 g/mol. The number of carbonyl (C=O) groups excluding carboxylic acids is 1. The van der Waals surface area contributed by atoms with E-state index in [1.54, 1.807) is 19.1 Å². The Morgan fingerprint density at radius 2 is 1.77 bits per heavy atom. The van der Waals surface area contributed by atoms with Crippen molar-refractivity contribution in [2.24, 2.45) is 0 Å². The van der Waals surface area contributed by atoms with E-state index in [-0.39, 0.29) is 10.8 Å². The Balaban J connectivity index is 1.56. The molecule has 1 amide bonds. The van der Waals surface area contributed by atoms with Crippen molar-refractivity contribution in [3.63, 3.8) is 0 Å². The summed E-state index contributed by atoms with van der Waals surface area (Å²) in [6.45, 7) is 4.87. The number of rotatable bonds is 5. The molecule has 0 saturated carbocycles. The lowest BCUT2D eigenvalue weighted by molar-refractivity contribution is 0.102. The Morgan fingerprint density at radius 3 is 2.47 bits per heavy atom. The quantitative estimate of drug-likeness (QED) is 0.634. The SMILES string of the molecule is Cc1ccc(-c2csc(NC(=O)c3cc(S(=O)(=O)N4CCCC4)ccc3C)n2)cc1. The van der Waals surface area contributed by atoms with Gasteiger partial charge >= 0.3 is 0 Å². The maximum atomic E-state index is 12.9. The van der Waals surface area contributed by atoms with Gasteiger partial charge in [0.15, 0.2) is 5.13 Å². The van der Waals surface area contributed by atoms with E-state index in [1.807, 2.05) is 36.6 Å². The van der Waals surface area contributed by atoms with E-state index < -0.39 is 10.0 Å². The number of benzene rings is 2. The Bertz CT molecular complexity index is 1180. The molecule has 8 heteroatoms. The molecule has 1 saturated heterocycles. The number of aryl methyl sites for hydroxylation is 2. The third-order valence-electron chi connectivity index (χ3n) is 5.23. The smallest absolute Gasteiger partial charge is 0.257 e. The highest BCUT2D eigenvalue weighted by Gasteiger charge is 2.28. The number of carbonyl (C=O) groups is 1. The summed E-state index contributed by atoms with van der Waals surface area (Å²) in [4.78, 5) is 17.5. The molecular formula is C22H23N3O3S2. The number of anilines is 1. The number of sulfonamides is 1. The lowest BCUT2D eigenvalue weighted by Gasteiger charge is -2.16. The average Bonchev–Trinajstić information content (AvgIpc) is 3.41. The first-order valence-corrected chi connectivity index (χ1v) is 12.1. The van der Waals surface area contributed by atoms with E-state index in [4.69, 9.17) is 0 Å². The highest BCUT2D eigenvalue weighted by molar-refractivity contribution is 7.89. The molecule has 0 radical (unpaired) electrons. The summed E-state index contributed by atoms with van der Waals surface area (Å²) in [7, 11) is -3.58. The normalized spacial score (nSPS) is 14.7. The molecule has 1 aliphatic heterocycles. The summed E-state index contributed by atoms with van der Waals surface area (Å²) in [5.41, 5.74) is 3.98. The fraction of sp³-hybridized carbons (Fsp3) is 0.273. The lowest BCUT2D eigenvalue weighted by atomic mass is 10.1. The number of amides is 1. The number of aromatic nitrogens is 1. The van der Waals surface area contributed by atoms with E-state index >= 15 is 0 Å². The van der Waals surface area contributed by atoms with Gasteiger partial charge in [-0.25, -0.2) is 13.4 Å². The zero-order chi connectivity index (χ0) is 21.3. The van der Waals surface area contributed by atoms with Gasteiger partial charge < -0.3 is 0 Å². The first-order chi connectivity index (χ1) is 14.3. The van der Waals surface area contributed by atoms with Crippen LogP contribution in [0.3, 0.4) is 0 Å². The lowest BCUT2D eigenvalue weighted by Crippen LogP contribution is -2.28. The Kier molecular flexibility index (Phi) is 5.73. The van der Waals surface area contributed by atoms with Gasteiger partial charge in [-0.2, -0.15) is 4.31 Å². The average molecular weight is 442 g/mol. The summed E-state index contributed by atoms with van der Waals surface area (Å²) >= 11 is 1.34. The van der Waals surface area contributed by atoms with Crippen molar-refractivity contribution in [1.29, 1.82) is 0 Å². The van der Waals surface area contributed by atoms with Crippen molar-refractivity contribution in [2.45, 2.75) is 31.6 Å². The molecule has 4 rings (SSSR count). The number of nitrogens with one attached hydrogen (secondary N) is 1. The van der Waals surface area contributed by atoms with E-state index in [0.717, 1.165) is 24.1 Å². The van der Waals surface area contributed by atoms with Crippen LogP contribution in [0.5, 0.6) is 0 Å². The van der Waals surface area contributed by atoms with E-state index in [0.29, 0.717) is 29.3 Å². The molecule has 0 unspecified atom stereocenters. The maximum Gasteiger partial charge on any atom is 0.257 e. The molecule has 0 atom stereocenters. The topological polar surface area (TPSA) is 79.4 Å². The van der Waals surface area contributed by atoms with E-state index in [9.17, 15) is 13.2 Å². The number of hydrogen-bond donors (Lipinski definition) is 1. The zero-order valence-corrected chi connectivity index (χ0v) is 18.5. The summed E-state index contributed by atoms with van der Waals surface area (Å²) in [5, 5.41) is 5.17. The van der Waals surface area contributed by atoms with E-state index in [2.05, 4.69) is 10.3 Å². The molecule has 1 fully saturated rings. The van der Waals surface area contributed by atoms with Crippen LogP contribution in [0.25, 0.3) is 11.3 Å². The zero-order valence-electron chi connectivity index (χ0n) is 16.9. The van der Waals surface area contributed by atoms with Crippen LogP contribution in [0.2, 0.25) is 0 Å². The fourth-order valence-corrected chi connectivity index (χ4v) is 5.69. The number of thiazole rings is 1. The Labute approximate surface area is 180 Å². The predicted molar refractivity (Wildman–Crippen MR) is 119 cm³/mol. The fourth-order valence-electron chi connectivity index (χ4n) is 3.44. The van der Waals surface area contributed by atoms with Gasteiger partial charge in [-0.15, -0.1) is 11.3 Å². The molecule has 0 spiro atoms. The minimum atomic E-state index is -3.58. The molecule has 6 nitrogen and oxygen atoms in total. The molecule has 0 aliphatic carbocycles. The second kappa shape index (κ2) is 8.29. The van der Waals surface area contributed by atoms with E-state index in [1.165, 1.54) is 27.3 Å². The van der Waals surface area contributed by atoms with Crippen LogP contribution in [0.4, 0.5) is 5.13 Å². The van der Waals surface area contributed by atoms with Crippen LogP contribution >= 0.6 is 11.3 Å². The summed E-state index contributed by atoms with van der Waals surface area (Å²) < 4.78 is 27.2. The summed E-state index contributed by atoms with van der Waals surface area (Å²) in [6.07, 6.45) is 1.73. The molecule has 156 valence electrons. The van der Waals surface area contributed by atoms with Crippen molar-refractivity contribution in [1.82, 2.24) is 9.29 Å². The predicted octanol–water partition coefficient (Wildman–Crippen LogP) is 4.46. The minimum absolute atomic E-state index is 0.152. The monoisotopic (exact) mass is 441 g/mol. The molecule has 2 aromatic carbocycles. The van der Waals surface area contributed by atoms with Crippen LogP contribution in [0.15, 0.2) is 52.7 Å². The van der Waals surface area contributed by atoms with Crippen molar-refractivity contribution >= 4 is 32.4 Å². The van der Waals surface area contributed by atoms with Crippen LogP contribution < -0.4 is 5.32 Å². The summed E-state index contributed by atoms with van der Waals surface area (Å²) in [6, 6.07) is 12.7. The first-order valence-electron chi connectivity index (χ1n) is 9.79. The standard InChI is InChI=1S/C22H23N3O3S2/c1-15-5-8-17(9-6-15)20-14-29-22(23-20)24-21(26)19-13-18(10-7-16(19)2)30(27,28)25-11-3-4-12-25/h5-10,13-14H,3-4,11-12H2,1-2H3,(H,23,24,26). The number of hydrogen-bond acceptors (Lipinski definition) is 5. The van der Waals surface area contributed by atoms with Gasteiger partial charge in [0.1, 0.15) is 0 Å². The third-order valence-corrected chi connectivity index (χ3v) is 7.88. The Hall–Kier alpha value is -2.55. The van der Waals surface area contributed by atoms with Gasteiger partial charge in [-0.05, 0) is 44.4 Å². The van der Waals surface area contributed by atoms with Gasteiger partial charge in [0, 0.05) is 29.6 Å². The molecule has 1 aromatic heterocycles. The molecule has 0 bridgehead atoms. The minimum Gasteiger partial charge on any atom is -0.298 e. The maximum absolute atomic E-state index is 12.9. The van der Waals surface area contributed by atoms with Crippen molar-refractivity contribution in [2.75, 3.05) is 18.4 Å². The molecule has 3 aromatic rings. The third kappa shape index (κ3) is 4.16. The molecule has 1 N–H and O–H groups in total. The highest BCUT2D eigenvalue weighted by atomic mass is 32.2. The largest absolute Gasteiger partial charge is 0.298 e. The Morgan fingerprint density at radius 1 is 1.07 bits per heavy atom. The van der Waals surface area contributed by atoms with Gasteiger partial charge in [-0.1, -0.05) is 35.9 Å².